The van der Waals surface area contributed by atoms with Crippen molar-refractivity contribution in [3.63, 3.8) is 0 Å². The van der Waals surface area contributed by atoms with Crippen LogP contribution in [0.15, 0.2) is 27.1 Å². The largest absolute Gasteiger partial charge is 0.371 e. The van der Waals surface area contributed by atoms with Crippen molar-refractivity contribution < 1.29 is 0 Å². The maximum Gasteiger partial charge on any atom is 0.0521 e. The van der Waals surface area contributed by atoms with Gasteiger partial charge in [-0.15, -0.1) is 0 Å². The highest BCUT2D eigenvalue weighted by atomic mass is 79.9. The van der Waals surface area contributed by atoms with E-state index in [-0.39, 0.29) is 0 Å². The normalized spacial score (nSPS) is 17.1. The van der Waals surface area contributed by atoms with E-state index in [1.165, 1.54) is 42.5 Å². The lowest BCUT2D eigenvalue weighted by Crippen LogP contribution is -2.29. The van der Waals surface area contributed by atoms with Crippen LogP contribution in [0, 0.1) is 0 Å². The number of hydrogen-bond acceptors (Lipinski definition) is 1. The predicted octanol–water partition coefficient (Wildman–Crippen LogP) is 4.20. The van der Waals surface area contributed by atoms with Gasteiger partial charge in [0.2, 0.25) is 0 Å². The molecule has 1 aliphatic rings. The van der Waals surface area contributed by atoms with Gasteiger partial charge in [-0.05, 0) is 53.4 Å². The molecule has 0 unspecified atom stereocenters. The molecule has 1 nitrogen and oxygen atoms in total. The standard InChI is InChI=1S/C11H13Br2N/c12-9-4-5-10(13)11(8-9)14-6-2-1-3-7-14/h4-5,8H,1-3,6-7H2. The Morgan fingerprint density at radius 1 is 1.00 bits per heavy atom. The van der Waals surface area contributed by atoms with Gasteiger partial charge in [-0.3, -0.25) is 0 Å². The second kappa shape index (κ2) is 4.67. The molecule has 0 atom stereocenters. The molecule has 14 heavy (non-hydrogen) atoms. The smallest absolute Gasteiger partial charge is 0.0521 e. The molecule has 0 bridgehead atoms. The quantitative estimate of drug-likeness (QED) is 0.750. The molecule has 3 heteroatoms. The minimum Gasteiger partial charge on any atom is -0.371 e. The molecule has 2 rings (SSSR count). The second-order valence-electron chi connectivity index (χ2n) is 3.64. The average Bonchev–Trinajstić information content (AvgIpc) is 2.23. The van der Waals surface area contributed by atoms with Crippen molar-refractivity contribution >= 4 is 37.5 Å². The fraction of sp³-hybridized carbons (Fsp3) is 0.455. The van der Waals surface area contributed by atoms with Crippen LogP contribution in [0.3, 0.4) is 0 Å². The average molecular weight is 319 g/mol. The minimum atomic E-state index is 1.15. The monoisotopic (exact) mass is 317 g/mol. The Labute approximate surface area is 102 Å². The van der Waals surface area contributed by atoms with E-state index < -0.39 is 0 Å². The molecule has 0 radical (unpaired) electrons. The number of benzene rings is 1. The van der Waals surface area contributed by atoms with Crippen LogP contribution in [0.4, 0.5) is 5.69 Å². The first-order valence-electron chi connectivity index (χ1n) is 4.97. The molecular weight excluding hydrogens is 306 g/mol. The molecule has 0 amide bonds. The summed E-state index contributed by atoms with van der Waals surface area (Å²) in [5.41, 5.74) is 1.32. The molecule has 0 aromatic heterocycles. The first kappa shape index (κ1) is 10.5. The fourth-order valence-electron chi connectivity index (χ4n) is 1.86. The van der Waals surface area contributed by atoms with E-state index in [0.717, 1.165) is 4.47 Å². The van der Waals surface area contributed by atoms with Crippen LogP contribution in [0.1, 0.15) is 19.3 Å². The summed E-state index contributed by atoms with van der Waals surface area (Å²) in [5, 5.41) is 0. The Hall–Kier alpha value is -0.0200. The number of rotatable bonds is 1. The van der Waals surface area contributed by atoms with Crippen molar-refractivity contribution in [3.05, 3.63) is 27.1 Å². The Morgan fingerprint density at radius 2 is 1.71 bits per heavy atom. The number of hydrogen-bond donors (Lipinski definition) is 0. The van der Waals surface area contributed by atoms with Crippen LogP contribution >= 0.6 is 31.9 Å². The lowest BCUT2D eigenvalue weighted by Gasteiger charge is -2.29. The fourth-order valence-corrected chi connectivity index (χ4v) is 2.71. The number of halogens is 2. The van der Waals surface area contributed by atoms with Gasteiger partial charge in [-0.25, -0.2) is 0 Å². The van der Waals surface area contributed by atoms with E-state index in [0.29, 0.717) is 0 Å². The third-order valence-corrected chi connectivity index (χ3v) is 3.77. The maximum absolute atomic E-state index is 3.60. The van der Waals surface area contributed by atoms with Crippen molar-refractivity contribution in [2.75, 3.05) is 18.0 Å². The lowest BCUT2D eigenvalue weighted by atomic mass is 10.1. The molecule has 0 saturated carbocycles. The Morgan fingerprint density at radius 3 is 2.43 bits per heavy atom. The zero-order chi connectivity index (χ0) is 9.97. The third-order valence-electron chi connectivity index (χ3n) is 2.60. The van der Waals surface area contributed by atoms with Gasteiger partial charge in [-0.2, -0.15) is 0 Å². The van der Waals surface area contributed by atoms with Gasteiger partial charge < -0.3 is 4.90 Å². The number of piperidine rings is 1. The molecule has 76 valence electrons. The van der Waals surface area contributed by atoms with E-state index in [4.69, 9.17) is 0 Å². The van der Waals surface area contributed by atoms with E-state index in [1.807, 2.05) is 0 Å². The van der Waals surface area contributed by atoms with Crippen molar-refractivity contribution in [3.8, 4) is 0 Å². The van der Waals surface area contributed by atoms with Gasteiger partial charge in [0.25, 0.3) is 0 Å². The summed E-state index contributed by atoms with van der Waals surface area (Å²) in [6.07, 6.45) is 4.01. The summed E-state index contributed by atoms with van der Waals surface area (Å²) in [6.45, 7) is 2.38. The van der Waals surface area contributed by atoms with Crippen LogP contribution in [0.5, 0.6) is 0 Å². The molecule has 1 aromatic carbocycles. The first-order chi connectivity index (χ1) is 6.77. The van der Waals surface area contributed by atoms with Gasteiger partial charge in [-0.1, -0.05) is 15.9 Å². The molecule has 1 heterocycles. The molecule has 1 fully saturated rings. The highest BCUT2D eigenvalue weighted by Gasteiger charge is 2.13. The van der Waals surface area contributed by atoms with Gasteiger partial charge in [0.1, 0.15) is 0 Å². The molecule has 1 aromatic rings. The van der Waals surface area contributed by atoms with Crippen LogP contribution < -0.4 is 4.90 Å². The summed E-state index contributed by atoms with van der Waals surface area (Å²) < 4.78 is 2.35. The van der Waals surface area contributed by atoms with E-state index in [1.54, 1.807) is 0 Å². The molecular formula is C11H13Br2N. The molecule has 0 aliphatic carbocycles. The highest BCUT2D eigenvalue weighted by Crippen LogP contribution is 2.31. The van der Waals surface area contributed by atoms with Crippen molar-refractivity contribution in [1.82, 2.24) is 0 Å². The van der Waals surface area contributed by atoms with E-state index in [9.17, 15) is 0 Å². The maximum atomic E-state index is 3.60. The Kier molecular flexibility index (Phi) is 3.50. The zero-order valence-electron chi connectivity index (χ0n) is 7.97. The molecule has 1 saturated heterocycles. The molecule has 0 N–H and O–H groups in total. The van der Waals surface area contributed by atoms with E-state index in [2.05, 4.69) is 55.0 Å². The minimum absolute atomic E-state index is 1.15. The Balaban J connectivity index is 2.24. The molecule has 0 spiro atoms. The first-order valence-corrected chi connectivity index (χ1v) is 6.56. The van der Waals surface area contributed by atoms with Crippen LogP contribution in [-0.4, -0.2) is 13.1 Å². The topological polar surface area (TPSA) is 3.24 Å². The third kappa shape index (κ3) is 2.31. The summed E-state index contributed by atoms with van der Waals surface area (Å²) >= 11 is 7.12. The van der Waals surface area contributed by atoms with Crippen molar-refractivity contribution in [2.24, 2.45) is 0 Å². The SMILES string of the molecule is Brc1ccc(Br)c(N2CCCCC2)c1. The number of nitrogens with zero attached hydrogens (tertiary/aromatic N) is 1. The second-order valence-corrected chi connectivity index (χ2v) is 5.41. The molecule has 1 aliphatic heterocycles. The van der Waals surface area contributed by atoms with Crippen molar-refractivity contribution in [2.45, 2.75) is 19.3 Å². The summed E-state index contributed by atoms with van der Waals surface area (Å²) in [5.74, 6) is 0. The van der Waals surface area contributed by atoms with Crippen LogP contribution in [0.2, 0.25) is 0 Å². The van der Waals surface area contributed by atoms with Gasteiger partial charge in [0, 0.05) is 22.0 Å². The highest BCUT2D eigenvalue weighted by molar-refractivity contribution is 9.11. The summed E-state index contributed by atoms with van der Waals surface area (Å²) in [4.78, 5) is 2.46. The van der Waals surface area contributed by atoms with Gasteiger partial charge >= 0.3 is 0 Å². The van der Waals surface area contributed by atoms with Gasteiger partial charge in [0.15, 0.2) is 0 Å². The van der Waals surface area contributed by atoms with Crippen molar-refractivity contribution in [1.29, 1.82) is 0 Å². The Bertz CT molecular complexity index is 319. The zero-order valence-corrected chi connectivity index (χ0v) is 11.1. The van der Waals surface area contributed by atoms with Gasteiger partial charge in [0.05, 0.1) is 5.69 Å². The summed E-state index contributed by atoms with van der Waals surface area (Å²) in [6, 6.07) is 6.36. The van der Waals surface area contributed by atoms with E-state index >= 15 is 0 Å². The predicted molar refractivity (Wildman–Crippen MR) is 67.9 cm³/mol. The lowest BCUT2D eigenvalue weighted by molar-refractivity contribution is 0.577. The van der Waals surface area contributed by atoms with Crippen LogP contribution in [-0.2, 0) is 0 Å². The van der Waals surface area contributed by atoms with Crippen LogP contribution in [0.25, 0.3) is 0 Å². The summed E-state index contributed by atoms with van der Waals surface area (Å²) in [7, 11) is 0. The number of anilines is 1.